The fourth-order valence-corrected chi connectivity index (χ4v) is 4.60. The van der Waals surface area contributed by atoms with E-state index in [2.05, 4.69) is 5.32 Å². The topological polar surface area (TPSA) is 101 Å². The summed E-state index contributed by atoms with van der Waals surface area (Å²) < 4.78 is 48.6. The number of hydrogen-bond donors (Lipinski definition) is 1. The van der Waals surface area contributed by atoms with Gasteiger partial charge in [-0.05, 0) is 49.1 Å². The van der Waals surface area contributed by atoms with E-state index in [-0.39, 0.29) is 11.4 Å². The van der Waals surface area contributed by atoms with Gasteiger partial charge in [0, 0.05) is 11.2 Å². The van der Waals surface area contributed by atoms with Gasteiger partial charge in [-0.3, -0.25) is 9.10 Å². The van der Waals surface area contributed by atoms with E-state index in [1.165, 1.54) is 23.9 Å². The standard InChI is InChI=1S/C19H24N2O5S3/c1-14(15-8-10-18(11-9-15)28(3,23)24)20-19(22)13-21(29(4,25)26)16-6-5-7-17(12-16)27-2/h5-12,14H,13H2,1-4H3,(H,20,22). The van der Waals surface area contributed by atoms with Gasteiger partial charge < -0.3 is 5.32 Å². The van der Waals surface area contributed by atoms with Gasteiger partial charge in [-0.1, -0.05) is 18.2 Å². The largest absolute Gasteiger partial charge is 0.348 e. The molecule has 29 heavy (non-hydrogen) atoms. The number of thioether (sulfide) groups is 1. The first-order chi connectivity index (χ1) is 13.4. The lowest BCUT2D eigenvalue weighted by atomic mass is 10.1. The molecule has 1 unspecified atom stereocenters. The third-order valence-electron chi connectivity index (χ3n) is 4.21. The summed E-state index contributed by atoms with van der Waals surface area (Å²) in [6, 6.07) is 12.7. The highest BCUT2D eigenvalue weighted by atomic mass is 32.2. The zero-order valence-electron chi connectivity index (χ0n) is 16.6. The smallest absolute Gasteiger partial charge is 0.241 e. The molecule has 1 N–H and O–H groups in total. The molecule has 10 heteroatoms. The van der Waals surface area contributed by atoms with Crippen LogP contribution < -0.4 is 9.62 Å². The highest BCUT2D eigenvalue weighted by molar-refractivity contribution is 7.98. The lowest BCUT2D eigenvalue weighted by molar-refractivity contribution is -0.120. The second-order valence-corrected chi connectivity index (χ2v) is 11.4. The van der Waals surface area contributed by atoms with Crippen LogP contribution in [-0.2, 0) is 24.7 Å². The number of nitrogens with zero attached hydrogens (tertiary/aromatic N) is 1. The molecule has 7 nitrogen and oxygen atoms in total. The van der Waals surface area contributed by atoms with Crippen LogP contribution in [0, 0.1) is 0 Å². The Morgan fingerprint density at radius 1 is 1.07 bits per heavy atom. The molecule has 0 fully saturated rings. The van der Waals surface area contributed by atoms with Crippen LogP contribution in [0.3, 0.4) is 0 Å². The van der Waals surface area contributed by atoms with Crippen molar-refractivity contribution in [1.29, 1.82) is 0 Å². The Labute approximate surface area is 176 Å². The first kappa shape index (κ1) is 23.2. The predicted octanol–water partition coefficient (Wildman–Crippen LogP) is 2.46. The van der Waals surface area contributed by atoms with Crippen LogP contribution in [0.2, 0.25) is 0 Å². The molecule has 2 aromatic carbocycles. The number of carbonyl (C=O) groups is 1. The van der Waals surface area contributed by atoms with Gasteiger partial charge in [0.05, 0.1) is 22.9 Å². The van der Waals surface area contributed by atoms with Crippen molar-refractivity contribution in [2.24, 2.45) is 0 Å². The maximum Gasteiger partial charge on any atom is 0.241 e. The lowest BCUT2D eigenvalue weighted by Crippen LogP contribution is -2.41. The highest BCUT2D eigenvalue weighted by Gasteiger charge is 2.22. The van der Waals surface area contributed by atoms with E-state index in [0.29, 0.717) is 11.3 Å². The molecule has 0 spiro atoms. The molecule has 0 aliphatic carbocycles. The molecule has 0 aromatic heterocycles. The molecule has 2 aromatic rings. The van der Waals surface area contributed by atoms with Crippen LogP contribution in [0.4, 0.5) is 5.69 Å². The molecule has 0 bridgehead atoms. The Kier molecular flexibility index (Phi) is 7.36. The summed E-state index contributed by atoms with van der Waals surface area (Å²) in [5, 5.41) is 2.76. The maximum absolute atomic E-state index is 12.5. The lowest BCUT2D eigenvalue weighted by Gasteiger charge is -2.23. The number of sulfone groups is 1. The number of hydrogen-bond acceptors (Lipinski definition) is 6. The number of rotatable bonds is 8. The SMILES string of the molecule is CSc1cccc(N(CC(=O)NC(C)c2ccc(S(C)(=O)=O)cc2)S(C)(=O)=O)c1. The molecule has 0 heterocycles. The zero-order valence-corrected chi connectivity index (χ0v) is 19.1. The summed E-state index contributed by atoms with van der Waals surface area (Å²) in [5.74, 6) is -0.468. The molecular weight excluding hydrogens is 432 g/mol. The second-order valence-electron chi connectivity index (χ2n) is 6.60. The van der Waals surface area contributed by atoms with Crippen molar-refractivity contribution in [3.63, 3.8) is 0 Å². The van der Waals surface area contributed by atoms with Crippen LogP contribution in [0.5, 0.6) is 0 Å². The van der Waals surface area contributed by atoms with Gasteiger partial charge in [0.25, 0.3) is 0 Å². The molecule has 158 valence electrons. The van der Waals surface area contributed by atoms with Crippen LogP contribution in [0.15, 0.2) is 58.3 Å². The monoisotopic (exact) mass is 456 g/mol. The maximum atomic E-state index is 12.5. The van der Waals surface area contributed by atoms with Crippen molar-refractivity contribution in [1.82, 2.24) is 5.32 Å². The summed E-state index contributed by atoms with van der Waals surface area (Å²) in [7, 11) is -6.96. The minimum atomic E-state index is -3.66. The molecule has 2 rings (SSSR count). The van der Waals surface area contributed by atoms with Crippen molar-refractivity contribution in [2.75, 3.05) is 29.6 Å². The predicted molar refractivity (Wildman–Crippen MR) is 117 cm³/mol. The van der Waals surface area contributed by atoms with Gasteiger partial charge in [0.1, 0.15) is 6.54 Å². The molecular formula is C19H24N2O5S3. The Hall–Kier alpha value is -2.04. The highest BCUT2D eigenvalue weighted by Crippen LogP contribution is 2.24. The van der Waals surface area contributed by atoms with Crippen LogP contribution >= 0.6 is 11.8 Å². The Morgan fingerprint density at radius 2 is 1.69 bits per heavy atom. The summed E-state index contributed by atoms with van der Waals surface area (Å²) in [6.07, 6.45) is 4.06. The van der Waals surface area contributed by atoms with E-state index in [1.54, 1.807) is 37.3 Å². The first-order valence-electron chi connectivity index (χ1n) is 8.63. The molecule has 0 saturated carbocycles. The quantitative estimate of drug-likeness (QED) is 0.613. The van der Waals surface area contributed by atoms with E-state index in [0.717, 1.165) is 21.7 Å². The molecule has 0 aliphatic rings. The van der Waals surface area contributed by atoms with Gasteiger partial charge >= 0.3 is 0 Å². The fourth-order valence-electron chi connectivity index (χ4n) is 2.67. The van der Waals surface area contributed by atoms with Gasteiger partial charge in [-0.2, -0.15) is 0 Å². The normalized spacial score (nSPS) is 13.0. The zero-order chi connectivity index (χ0) is 21.8. The number of amides is 1. The average Bonchev–Trinajstić information content (AvgIpc) is 2.64. The Bertz CT molecular complexity index is 1080. The summed E-state index contributed by atoms with van der Waals surface area (Å²) in [4.78, 5) is 13.6. The number of nitrogens with one attached hydrogen (secondary N) is 1. The number of sulfonamides is 1. The molecule has 0 radical (unpaired) electrons. The van der Waals surface area contributed by atoms with Crippen LogP contribution in [0.1, 0.15) is 18.5 Å². The number of benzene rings is 2. The van der Waals surface area contributed by atoms with Crippen LogP contribution in [-0.4, -0.2) is 48.1 Å². The minimum Gasteiger partial charge on any atom is -0.348 e. The third-order valence-corrected chi connectivity index (χ3v) is 7.21. The average molecular weight is 457 g/mol. The molecule has 1 atom stereocenters. The van der Waals surface area contributed by atoms with E-state index in [1.807, 2.05) is 12.3 Å². The molecule has 0 aliphatic heterocycles. The Balaban J connectivity index is 2.15. The summed E-state index contributed by atoms with van der Waals surface area (Å²) in [6.45, 7) is 1.38. The second kappa shape index (κ2) is 9.19. The van der Waals surface area contributed by atoms with Gasteiger partial charge in [-0.25, -0.2) is 16.8 Å². The van der Waals surface area contributed by atoms with Crippen molar-refractivity contribution in [3.8, 4) is 0 Å². The minimum absolute atomic E-state index is 0.191. The summed E-state index contributed by atoms with van der Waals surface area (Å²) in [5.41, 5.74) is 1.13. The summed E-state index contributed by atoms with van der Waals surface area (Å²) >= 11 is 1.48. The number of anilines is 1. The fraction of sp³-hybridized carbons (Fsp3) is 0.316. The van der Waals surface area contributed by atoms with E-state index in [4.69, 9.17) is 0 Å². The first-order valence-corrected chi connectivity index (χ1v) is 13.6. The van der Waals surface area contributed by atoms with Gasteiger partial charge in [-0.15, -0.1) is 11.8 Å². The van der Waals surface area contributed by atoms with Crippen molar-refractivity contribution >= 4 is 43.2 Å². The van der Waals surface area contributed by atoms with E-state index < -0.39 is 31.8 Å². The van der Waals surface area contributed by atoms with Crippen molar-refractivity contribution in [3.05, 3.63) is 54.1 Å². The van der Waals surface area contributed by atoms with E-state index >= 15 is 0 Å². The van der Waals surface area contributed by atoms with E-state index in [9.17, 15) is 21.6 Å². The van der Waals surface area contributed by atoms with Crippen molar-refractivity contribution < 1.29 is 21.6 Å². The number of carbonyl (C=O) groups excluding carboxylic acids is 1. The molecule has 1 amide bonds. The third kappa shape index (κ3) is 6.48. The van der Waals surface area contributed by atoms with Crippen LogP contribution in [0.25, 0.3) is 0 Å². The Morgan fingerprint density at radius 3 is 2.21 bits per heavy atom. The molecule has 0 saturated heterocycles. The van der Waals surface area contributed by atoms with Gasteiger partial charge in [0.15, 0.2) is 9.84 Å². The van der Waals surface area contributed by atoms with Crippen molar-refractivity contribution in [2.45, 2.75) is 22.8 Å². The van der Waals surface area contributed by atoms with Gasteiger partial charge in [0.2, 0.25) is 15.9 Å².